The lowest BCUT2D eigenvalue weighted by atomic mass is 10.0. The number of halogens is 1. The van der Waals surface area contributed by atoms with Crippen LogP contribution < -0.4 is 4.90 Å². The van der Waals surface area contributed by atoms with Crippen LogP contribution >= 0.6 is 0 Å². The molecule has 13 heavy (non-hydrogen) atoms. The number of hydrogen-bond acceptors (Lipinski definition) is 3. The van der Waals surface area contributed by atoms with Crippen molar-refractivity contribution >= 4 is 5.82 Å². The van der Waals surface area contributed by atoms with E-state index in [9.17, 15) is 4.39 Å². The van der Waals surface area contributed by atoms with Gasteiger partial charge in [0.1, 0.15) is 0 Å². The van der Waals surface area contributed by atoms with E-state index >= 15 is 0 Å². The van der Waals surface area contributed by atoms with Gasteiger partial charge in [-0.25, -0.2) is 9.37 Å². The van der Waals surface area contributed by atoms with Crippen molar-refractivity contribution in [1.82, 2.24) is 4.98 Å². The zero-order chi connectivity index (χ0) is 9.26. The van der Waals surface area contributed by atoms with Gasteiger partial charge in [-0.2, -0.15) is 5.26 Å². The van der Waals surface area contributed by atoms with Crippen LogP contribution in [0, 0.1) is 23.1 Å². The molecule has 3 nitrogen and oxygen atoms in total. The van der Waals surface area contributed by atoms with Gasteiger partial charge in [-0.3, -0.25) is 0 Å². The summed E-state index contributed by atoms with van der Waals surface area (Å²) in [5.74, 6) is 0.0642. The van der Waals surface area contributed by atoms with Crippen LogP contribution in [-0.4, -0.2) is 18.1 Å². The first-order valence-electron chi connectivity index (χ1n) is 4.06. The van der Waals surface area contributed by atoms with E-state index in [1.165, 1.54) is 6.07 Å². The highest BCUT2D eigenvalue weighted by Gasteiger charge is 2.28. The smallest absolute Gasteiger partial charge is 0.165 e. The number of hydrogen-bond donors (Lipinski definition) is 0. The van der Waals surface area contributed by atoms with Crippen molar-refractivity contribution in [3.8, 4) is 6.07 Å². The fourth-order valence-corrected chi connectivity index (χ4v) is 1.34. The molecule has 0 aliphatic carbocycles. The van der Waals surface area contributed by atoms with Gasteiger partial charge in [0.05, 0.1) is 12.0 Å². The van der Waals surface area contributed by atoms with Gasteiger partial charge < -0.3 is 4.90 Å². The Balaban J connectivity index is 2.12. The molecule has 0 spiro atoms. The Morgan fingerprint density at radius 3 is 3.00 bits per heavy atom. The summed E-state index contributed by atoms with van der Waals surface area (Å²) in [6.07, 6.45) is 1.55. The molecule has 2 rings (SSSR count). The summed E-state index contributed by atoms with van der Waals surface area (Å²) in [4.78, 5) is 5.68. The number of rotatable bonds is 1. The van der Waals surface area contributed by atoms with Gasteiger partial charge in [0.15, 0.2) is 11.6 Å². The van der Waals surface area contributed by atoms with Crippen LogP contribution in [0.2, 0.25) is 0 Å². The Morgan fingerprint density at radius 2 is 2.38 bits per heavy atom. The molecule has 0 amide bonds. The summed E-state index contributed by atoms with van der Waals surface area (Å²) < 4.78 is 13.1. The van der Waals surface area contributed by atoms with Gasteiger partial charge in [-0.15, -0.1) is 0 Å². The second kappa shape index (κ2) is 3.02. The standard InChI is InChI=1S/C9H8FN3/c10-8-2-1-3-12-9(8)13-5-7(4-11)6-13/h1-3,7H,5-6H2. The summed E-state index contributed by atoms with van der Waals surface area (Å²) in [5, 5.41) is 8.53. The van der Waals surface area contributed by atoms with Crippen LogP contribution in [0.3, 0.4) is 0 Å². The third-order valence-electron chi connectivity index (χ3n) is 2.10. The van der Waals surface area contributed by atoms with E-state index in [-0.39, 0.29) is 11.7 Å². The zero-order valence-corrected chi connectivity index (χ0v) is 6.94. The Labute approximate surface area is 75.4 Å². The van der Waals surface area contributed by atoms with Crippen LogP contribution in [0.5, 0.6) is 0 Å². The molecule has 1 saturated heterocycles. The number of pyridine rings is 1. The Hall–Kier alpha value is -1.63. The number of nitrogens with zero attached hydrogens (tertiary/aromatic N) is 3. The van der Waals surface area contributed by atoms with Crippen molar-refractivity contribution in [2.24, 2.45) is 5.92 Å². The lowest BCUT2D eigenvalue weighted by molar-refractivity contribution is 0.484. The van der Waals surface area contributed by atoms with Gasteiger partial charge in [0, 0.05) is 19.3 Å². The number of nitriles is 1. The van der Waals surface area contributed by atoms with E-state index in [2.05, 4.69) is 11.1 Å². The highest BCUT2D eigenvalue weighted by Crippen LogP contribution is 2.23. The highest BCUT2D eigenvalue weighted by atomic mass is 19.1. The number of anilines is 1. The van der Waals surface area contributed by atoms with Crippen LogP contribution in [0.15, 0.2) is 18.3 Å². The maximum atomic E-state index is 13.1. The summed E-state index contributed by atoms with van der Waals surface area (Å²) in [6, 6.07) is 5.06. The van der Waals surface area contributed by atoms with Gasteiger partial charge >= 0.3 is 0 Å². The lowest BCUT2D eigenvalue weighted by Crippen LogP contribution is -2.46. The fourth-order valence-electron chi connectivity index (χ4n) is 1.34. The van der Waals surface area contributed by atoms with Gasteiger partial charge in [-0.1, -0.05) is 0 Å². The molecule has 0 radical (unpaired) electrons. The Kier molecular flexibility index (Phi) is 1.85. The second-order valence-corrected chi connectivity index (χ2v) is 3.04. The summed E-state index contributed by atoms with van der Waals surface area (Å²) in [7, 11) is 0. The first kappa shape index (κ1) is 7.99. The molecule has 1 fully saturated rings. The molecule has 0 aromatic carbocycles. The third kappa shape index (κ3) is 1.33. The molecule has 0 unspecified atom stereocenters. The van der Waals surface area contributed by atoms with E-state index in [0.29, 0.717) is 18.9 Å². The molecular formula is C9H8FN3. The quantitative estimate of drug-likeness (QED) is 0.646. The molecule has 66 valence electrons. The maximum Gasteiger partial charge on any atom is 0.165 e. The SMILES string of the molecule is N#CC1CN(c2ncccc2F)C1. The number of aromatic nitrogens is 1. The van der Waals surface area contributed by atoms with Crippen molar-refractivity contribution < 1.29 is 4.39 Å². The average Bonchev–Trinajstić information content (AvgIpc) is 2.06. The van der Waals surface area contributed by atoms with Crippen molar-refractivity contribution in [3.05, 3.63) is 24.1 Å². The second-order valence-electron chi connectivity index (χ2n) is 3.04. The minimum atomic E-state index is -0.320. The van der Waals surface area contributed by atoms with Crippen LogP contribution in [0.4, 0.5) is 10.2 Å². The fraction of sp³-hybridized carbons (Fsp3) is 0.333. The van der Waals surface area contributed by atoms with Crippen molar-refractivity contribution in [2.45, 2.75) is 0 Å². The Bertz CT molecular complexity index is 352. The maximum absolute atomic E-state index is 13.1. The minimum absolute atomic E-state index is 0.0291. The largest absolute Gasteiger partial charge is 0.351 e. The highest BCUT2D eigenvalue weighted by molar-refractivity contribution is 5.43. The van der Waals surface area contributed by atoms with Gasteiger partial charge in [0.2, 0.25) is 0 Å². The normalized spacial score (nSPS) is 16.5. The molecule has 2 heterocycles. The molecular weight excluding hydrogens is 169 g/mol. The molecule has 1 aromatic rings. The molecule has 4 heteroatoms. The van der Waals surface area contributed by atoms with Crippen LogP contribution in [0.1, 0.15) is 0 Å². The predicted molar refractivity (Wildman–Crippen MR) is 45.5 cm³/mol. The molecule has 1 aromatic heterocycles. The third-order valence-corrected chi connectivity index (χ3v) is 2.10. The van der Waals surface area contributed by atoms with Crippen LogP contribution in [-0.2, 0) is 0 Å². The zero-order valence-electron chi connectivity index (χ0n) is 6.94. The van der Waals surface area contributed by atoms with E-state index in [0.717, 1.165) is 0 Å². The lowest BCUT2D eigenvalue weighted by Gasteiger charge is -2.36. The van der Waals surface area contributed by atoms with E-state index < -0.39 is 0 Å². The molecule has 0 atom stereocenters. The Morgan fingerprint density at radius 1 is 1.62 bits per heavy atom. The molecule has 0 bridgehead atoms. The molecule has 0 N–H and O–H groups in total. The minimum Gasteiger partial charge on any atom is -0.351 e. The van der Waals surface area contributed by atoms with Gasteiger partial charge in [0.25, 0.3) is 0 Å². The van der Waals surface area contributed by atoms with E-state index in [1.807, 2.05) is 0 Å². The molecule has 1 aliphatic heterocycles. The van der Waals surface area contributed by atoms with E-state index in [1.54, 1.807) is 17.2 Å². The van der Waals surface area contributed by atoms with Crippen molar-refractivity contribution in [1.29, 1.82) is 5.26 Å². The molecule has 0 saturated carbocycles. The first-order chi connectivity index (χ1) is 6.31. The van der Waals surface area contributed by atoms with Crippen molar-refractivity contribution in [2.75, 3.05) is 18.0 Å². The van der Waals surface area contributed by atoms with E-state index in [4.69, 9.17) is 5.26 Å². The summed E-state index contributed by atoms with van der Waals surface area (Å²) in [6.45, 7) is 1.18. The summed E-state index contributed by atoms with van der Waals surface area (Å²) in [5.41, 5.74) is 0. The van der Waals surface area contributed by atoms with Crippen LogP contribution in [0.25, 0.3) is 0 Å². The average molecular weight is 177 g/mol. The summed E-state index contributed by atoms with van der Waals surface area (Å²) >= 11 is 0. The topological polar surface area (TPSA) is 39.9 Å². The monoisotopic (exact) mass is 177 g/mol. The van der Waals surface area contributed by atoms with Crippen molar-refractivity contribution in [3.63, 3.8) is 0 Å². The molecule has 1 aliphatic rings. The predicted octanol–water partition coefficient (Wildman–Crippen LogP) is 1.18. The first-order valence-corrected chi connectivity index (χ1v) is 4.06. The van der Waals surface area contributed by atoms with Gasteiger partial charge in [-0.05, 0) is 12.1 Å².